The van der Waals surface area contributed by atoms with E-state index in [0.29, 0.717) is 19.0 Å². The van der Waals surface area contributed by atoms with E-state index in [4.69, 9.17) is 0 Å². The van der Waals surface area contributed by atoms with Gasteiger partial charge in [0.2, 0.25) is 0 Å². The Morgan fingerprint density at radius 1 is 1.05 bits per heavy atom. The molecule has 2 heterocycles. The van der Waals surface area contributed by atoms with Gasteiger partial charge in [0.05, 0.1) is 0 Å². The summed E-state index contributed by atoms with van der Waals surface area (Å²) >= 11 is 0. The highest BCUT2D eigenvalue weighted by molar-refractivity contribution is 6.41. The van der Waals surface area contributed by atoms with Gasteiger partial charge in [0.25, 0.3) is 0 Å². The summed E-state index contributed by atoms with van der Waals surface area (Å²) in [6.45, 7) is 3.18. The average molecular weight is 287 g/mol. The van der Waals surface area contributed by atoms with Crippen LogP contribution in [0.3, 0.4) is 0 Å². The van der Waals surface area contributed by atoms with Crippen molar-refractivity contribution in [1.82, 2.24) is 10.2 Å². The molecular formula is C16H21N3O2. The Bertz CT molecular complexity index is 552. The van der Waals surface area contributed by atoms with E-state index in [1.54, 1.807) is 11.9 Å². The van der Waals surface area contributed by atoms with Crippen molar-refractivity contribution in [1.29, 1.82) is 0 Å². The lowest BCUT2D eigenvalue weighted by molar-refractivity contribution is -0.145. The quantitative estimate of drug-likeness (QED) is 0.824. The van der Waals surface area contributed by atoms with Crippen molar-refractivity contribution in [2.75, 3.05) is 38.1 Å². The van der Waals surface area contributed by atoms with Crippen molar-refractivity contribution >= 4 is 17.5 Å². The van der Waals surface area contributed by atoms with Crippen LogP contribution in [0.1, 0.15) is 24.3 Å². The second-order valence-corrected chi connectivity index (χ2v) is 5.77. The summed E-state index contributed by atoms with van der Waals surface area (Å²) in [5, 5.41) is 3.36. The Hall–Kier alpha value is -1.88. The fourth-order valence-corrected chi connectivity index (χ4v) is 3.17. The first kappa shape index (κ1) is 14.1. The van der Waals surface area contributed by atoms with Crippen LogP contribution in [-0.2, 0) is 9.59 Å². The molecule has 1 aromatic carbocycles. The predicted molar refractivity (Wildman–Crippen MR) is 81.3 cm³/mol. The first-order valence-corrected chi connectivity index (χ1v) is 7.55. The van der Waals surface area contributed by atoms with Crippen molar-refractivity contribution in [3.05, 3.63) is 29.8 Å². The molecule has 0 unspecified atom stereocenters. The lowest BCUT2D eigenvalue weighted by Gasteiger charge is -2.34. The van der Waals surface area contributed by atoms with Crippen LogP contribution in [0.15, 0.2) is 24.3 Å². The molecule has 2 saturated heterocycles. The highest BCUT2D eigenvalue weighted by Gasteiger charge is 2.33. The van der Waals surface area contributed by atoms with E-state index in [9.17, 15) is 9.59 Å². The summed E-state index contributed by atoms with van der Waals surface area (Å²) in [4.78, 5) is 27.4. The van der Waals surface area contributed by atoms with Crippen LogP contribution >= 0.6 is 0 Å². The fourth-order valence-electron chi connectivity index (χ4n) is 3.17. The molecule has 0 aliphatic carbocycles. The molecule has 5 heteroatoms. The maximum Gasteiger partial charge on any atom is 0.316 e. The molecule has 1 N–H and O–H groups in total. The maximum atomic E-state index is 12.3. The smallest absolute Gasteiger partial charge is 0.316 e. The van der Waals surface area contributed by atoms with Gasteiger partial charge < -0.3 is 15.1 Å². The molecule has 5 nitrogen and oxygen atoms in total. The number of benzene rings is 1. The average Bonchev–Trinajstić information content (AvgIpc) is 2.54. The SMILES string of the molecule is CN1CCN(c2ccccc2C2CCNCC2)C(=O)C1=O. The first-order chi connectivity index (χ1) is 10.2. The minimum atomic E-state index is -0.415. The highest BCUT2D eigenvalue weighted by atomic mass is 16.2. The molecule has 0 saturated carbocycles. The van der Waals surface area contributed by atoms with Gasteiger partial charge in [0, 0.05) is 25.8 Å². The molecule has 0 spiro atoms. The lowest BCUT2D eigenvalue weighted by Crippen LogP contribution is -2.53. The van der Waals surface area contributed by atoms with Gasteiger partial charge in [0.15, 0.2) is 0 Å². The molecule has 0 bridgehead atoms. The number of carbonyl (C=O) groups excluding carboxylic acids is 2. The summed E-state index contributed by atoms with van der Waals surface area (Å²) in [5.74, 6) is -0.364. The number of nitrogens with zero attached hydrogens (tertiary/aromatic N) is 2. The third kappa shape index (κ3) is 2.65. The summed E-state index contributed by atoms with van der Waals surface area (Å²) in [7, 11) is 1.68. The molecule has 2 amide bonds. The number of piperazine rings is 1. The molecule has 2 aliphatic rings. The normalized spacial score (nSPS) is 21.0. The van der Waals surface area contributed by atoms with E-state index in [2.05, 4.69) is 11.4 Å². The topological polar surface area (TPSA) is 52.6 Å². The second kappa shape index (κ2) is 5.85. The van der Waals surface area contributed by atoms with Crippen LogP contribution < -0.4 is 10.2 Å². The number of para-hydroxylation sites is 1. The van der Waals surface area contributed by atoms with Crippen molar-refractivity contribution in [2.24, 2.45) is 0 Å². The fraction of sp³-hybridized carbons (Fsp3) is 0.500. The van der Waals surface area contributed by atoms with Gasteiger partial charge in [-0.3, -0.25) is 9.59 Å². The van der Waals surface area contributed by atoms with E-state index in [-0.39, 0.29) is 0 Å². The number of amides is 2. The molecule has 0 atom stereocenters. The molecule has 21 heavy (non-hydrogen) atoms. The van der Waals surface area contributed by atoms with Crippen molar-refractivity contribution in [2.45, 2.75) is 18.8 Å². The van der Waals surface area contributed by atoms with Gasteiger partial charge in [-0.1, -0.05) is 18.2 Å². The Kier molecular flexibility index (Phi) is 3.92. The third-order valence-electron chi connectivity index (χ3n) is 4.44. The summed E-state index contributed by atoms with van der Waals surface area (Å²) in [6.07, 6.45) is 2.15. The zero-order valence-corrected chi connectivity index (χ0v) is 12.3. The number of hydrogen-bond acceptors (Lipinski definition) is 3. The van der Waals surface area contributed by atoms with Crippen LogP contribution in [0.2, 0.25) is 0 Å². The van der Waals surface area contributed by atoms with E-state index in [1.807, 2.05) is 18.2 Å². The van der Waals surface area contributed by atoms with E-state index in [1.165, 1.54) is 10.5 Å². The Morgan fingerprint density at radius 3 is 2.52 bits per heavy atom. The van der Waals surface area contributed by atoms with Crippen LogP contribution in [0.5, 0.6) is 0 Å². The lowest BCUT2D eigenvalue weighted by atomic mass is 9.88. The largest absolute Gasteiger partial charge is 0.336 e. The highest BCUT2D eigenvalue weighted by Crippen LogP contribution is 2.33. The Labute approximate surface area is 124 Å². The van der Waals surface area contributed by atoms with E-state index >= 15 is 0 Å². The number of piperidine rings is 1. The second-order valence-electron chi connectivity index (χ2n) is 5.77. The van der Waals surface area contributed by atoms with E-state index < -0.39 is 11.8 Å². The zero-order valence-electron chi connectivity index (χ0n) is 12.3. The predicted octanol–water partition coefficient (Wildman–Crippen LogP) is 0.959. The van der Waals surface area contributed by atoms with Gasteiger partial charge in [-0.25, -0.2) is 0 Å². The van der Waals surface area contributed by atoms with Gasteiger partial charge >= 0.3 is 11.8 Å². The summed E-state index contributed by atoms with van der Waals surface area (Å²) in [6, 6.07) is 8.02. The molecule has 0 aromatic heterocycles. The number of carbonyl (C=O) groups is 2. The first-order valence-electron chi connectivity index (χ1n) is 7.55. The van der Waals surface area contributed by atoms with Gasteiger partial charge in [-0.2, -0.15) is 0 Å². The maximum absolute atomic E-state index is 12.3. The Balaban J connectivity index is 1.91. The number of nitrogens with one attached hydrogen (secondary N) is 1. The molecule has 2 aliphatic heterocycles. The molecule has 0 radical (unpaired) electrons. The molecule has 1 aromatic rings. The van der Waals surface area contributed by atoms with Crippen molar-refractivity contribution < 1.29 is 9.59 Å². The molecule has 112 valence electrons. The Morgan fingerprint density at radius 2 is 1.76 bits per heavy atom. The van der Waals surface area contributed by atoms with Crippen LogP contribution in [0, 0.1) is 0 Å². The standard InChI is InChI=1S/C16H21N3O2/c1-18-10-11-19(16(21)15(18)20)14-5-3-2-4-13(14)12-6-8-17-9-7-12/h2-5,12,17H,6-11H2,1H3. The third-order valence-corrected chi connectivity index (χ3v) is 4.44. The molecule has 3 rings (SSSR count). The summed E-state index contributed by atoms with van der Waals surface area (Å²) < 4.78 is 0. The number of rotatable bonds is 2. The van der Waals surface area contributed by atoms with Crippen LogP contribution in [0.4, 0.5) is 5.69 Å². The number of anilines is 1. The van der Waals surface area contributed by atoms with Crippen molar-refractivity contribution in [3.63, 3.8) is 0 Å². The zero-order chi connectivity index (χ0) is 14.8. The molecule has 2 fully saturated rings. The molecular weight excluding hydrogens is 266 g/mol. The summed E-state index contributed by atoms with van der Waals surface area (Å²) in [5.41, 5.74) is 2.11. The number of likely N-dealkylation sites (N-methyl/N-ethyl adjacent to an activating group) is 1. The van der Waals surface area contributed by atoms with Crippen LogP contribution in [-0.4, -0.2) is 49.9 Å². The van der Waals surface area contributed by atoms with E-state index in [0.717, 1.165) is 31.6 Å². The number of hydrogen-bond donors (Lipinski definition) is 1. The minimum Gasteiger partial charge on any atom is -0.336 e. The van der Waals surface area contributed by atoms with Crippen molar-refractivity contribution in [3.8, 4) is 0 Å². The van der Waals surface area contributed by atoms with Crippen LogP contribution in [0.25, 0.3) is 0 Å². The van der Waals surface area contributed by atoms with Gasteiger partial charge in [-0.05, 0) is 43.5 Å². The van der Waals surface area contributed by atoms with Gasteiger partial charge in [-0.15, -0.1) is 0 Å². The monoisotopic (exact) mass is 287 g/mol. The van der Waals surface area contributed by atoms with Gasteiger partial charge in [0.1, 0.15) is 0 Å². The minimum absolute atomic E-state index is 0.412.